The maximum Gasteiger partial charge on any atom is -0.0386 e. The Balaban J connectivity index is 2.28. The van der Waals surface area contributed by atoms with Gasteiger partial charge < -0.3 is 0 Å². The van der Waals surface area contributed by atoms with Gasteiger partial charge in [-0.2, -0.15) is 0 Å². The lowest BCUT2D eigenvalue weighted by molar-refractivity contribution is 0.241. The lowest BCUT2D eigenvalue weighted by atomic mass is 9.80. The van der Waals surface area contributed by atoms with Crippen LogP contribution in [0, 0.1) is 23.7 Å². The molecule has 0 N–H and O–H groups in total. The van der Waals surface area contributed by atoms with E-state index in [0.29, 0.717) is 0 Å². The molecule has 0 bridgehead atoms. The Bertz CT molecular complexity index is 124. The molecule has 0 aliphatic heterocycles. The molecule has 3 atom stereocenters. The van der Waals surface area contributed by atoms with E-state index in [4.69, 9.17) is 0 Å². The van der Waals surface area contributed by atoms with E-state index in [0.717, 1.165) is 23.7 Å². The summed E-state index contributed by atoms with van der Waals surface area (Å²) in [6.45, 7) is 9.62. The van der Waals surface area contributed by atoms with Crippen LogP contribution in [0.15, 0.2) is 0 Å². The van der Waals surface area contributed by atoms with E-state index >= 15 is 0 Å². The molecule has 1 rings (SSSR count). The third kappa shape index (κ3) is 2.50. The second-order valence-corrected chi connectivity index (χ2v) is 4.82. The smallest absolute Gasteiger partial charge is 0.0386 e. The zero-order chi connectivity index (χ0) is 9.14. The molecule has 0 amide bonds. The number of hydrogen-bond acceptors (Lipinski definition) is 0. The highest BCUT2D eigenvalue weighted by Crippen LogP contribution is 2.42. The Morgan fingerprint density at radius 3 is 2.17 bits per heavy atom. The molecule has 1 aliphatic carbocycles. The highest BCUT2D eigenvalue weighted by Gasteiger charge is 2.32. The van der Waals surface area contributed by atoms with Gasteiger partial charge in [0, 0.05) is 0 Å². The lowest BCUT2D eigenvalue weighted by Gasteiger charge is -2.25. The topological polar surface area (TPSA) is 0 Å². The van der Waals surface area contributed by atoms with E-state index < -0.39 is 0 Å². The van der Waals surface area contributed by atoms with Gasteiger partial charge in [-0.15, -0.1) is 0 Å². The minimum Gasteiger partial charge on any atom is -0.0654 e. The SMILES string of the molecule is CCCC(C)C(C)C(C)C1CC1. The molecule has 0 saturated heterocycles. The Kier molecular flexibility index (Phi) is 3.61. The lowest BCUT2D eigenvalue weighted by Crippen LogP contribution is -2.17. The summed E-state index contributed by atoms with van der Waals surface area (Å²) < 4.78 is 0. The van der Waals surface area contributed by atoms with Crippen molar-refractivity contribution in [3.8, 4) is 0 Å². The molecular weight excluding hydrogens is 144 g/mol. The van der Waals surface area contributed by atoms with Gasteiger partial charge in [-0.1, -0.05) is 40.5 Å². The maximum atomic E-state index is 2.45. The van der Waals surface area contributed by atoms with Crippen LogP contribution in [0.4, 0.5) is 0 Å². The molecule has 0 radical (unpaired) electrons. The van der Waals surface area contributed by atoms with E-state index in [-0.39, 0.29) is 0 Å². The monoisotopic (exact) mass is 168 g/mol. The molecule has 72 valence electrons. The average molecular weight is 168 g/mol. The van der Waals surface area contributed by atoms with Crippen molar-refractivity contribution in [1.29, 1.82) is 0 Å². The molecule has 1 saturated carbocycles. The zero-order valence-electron chi connectivity index (χ0n) is 9.14. The van der Waals surface area contributed by atoms with E-state index in [1.165, 1.54) is 25.7 Å². The predicted molar refractivity (Wildman–Crippen MR) is 55.1 cm³/mol. The summed E-state index contributed by atoms with van der Waals surface area (Å²) >= 11 is 0. The summed E-state index contributed by atoms with van der Waals surface area (Å²) in [7, 11) is 0. The predicted octanol–water partition coefficient (Wildman–Crippen LogP) is 4.10. The molecule has 0 nitrogen and oxygen atoms in total. The van der Waals surface area contributed by atoms with Crippen LogP contribution in [-0.4, -0.2) is 0 Å². The van der Waals surface area contributed by atoms with Crippen LogP contribution >= 0.6 is 0 Å². The summed E-state index contributed by atoms with van der Waals surface area (Å²) in [5, 5.41) is 0. The quantitative estimate of drug-likeness (QED) is 0.579. The molecule has 0 spiro atoms. The standard InChI is InChI=1S/C12H24/c1-5-6-9(2)10(3)11(4)12-7-8-12/h9-12H,5-8H2,1-4H3. The first kappa shape index (κ1) is 10.1. The summed E-state index contributed by atoms with van der Waals surface area (Å²) in [4.78, 5) is 0. The van der Waals surface area contributed by atoms with Crippen LogP contribution in [0.3, 0.4) is 0 Å². The molecule has 0 heteroatoms. The van der Waals surface area contributed by atoms with Crippen LogP contribution in [0.2, 0.25) is 0 Å². The fourth-order valence-electron chi connectivity index (χ4n) is 2.29. The average Bonchev–Trinajstić information content (AvgIpc) is 2.84. The van der Waals surface area contributed by atoms with Gasteiger partial charge in [0.25, 0.3) is 0 Å². The summed E-state index contributed by atoms with van der Waals surface area (Å²) in [6.07, 6.45) is 5.77. The highest BCUT2D eigenvalue weighted by atomic mass is 14.4. The molecule has 0 aromatic heterocycles. The van der Waals surface area contributed by atoms with Crippen molar-refractivity contribution in [1.82, 2.24) is 0 Å². The Hall–Kier alpha value is 0. The fourth-order valence-corrected chi connectivity index (χ4v) is 2.29. The van der Waals surface area contributed by atoms with E-state index in [9.17, 15) is 0 Å². The van der Waals surface area contributed by atoms with Crippen LogP contribution in [0.1, 0.15) is 53.4 Å². The van der Waals surface area contributed by atoms with Crippen molar-refractivity contribution >= 4 is 0 Å². The highest BCUT2D eigenvalue weighted by molar-refractivity contribution is 4.83. The van der Waals surface area contributed by atoms with Gasteiger partial charge >= 0.3 is 0 Å². The van der Waals surface area contributed by atoms with Crippen LogP contribution < -0.4 is 0 Å². The van der Waals surface area contributed by atoms with Gasteiger partial charge in [-0.25, -0.2) is 0 Å². The zero-order valence-corrected chi connectivity index (χ0v) is 9.14. The minimum atomic E-state index is 0.936. The van der Waals surface area contributed by atoms with Gasteiger partial charge in [0.15, 0.2) is 0 Å². The van der Waals surface area contributed by atoms with Gasteiger partial charge in [0.2, 0.25) is 0 Å². The summed E-state index contributed by atoms with van der Waals surface area (Å²) in [6, 6.07) is 0. The van der Waals surface area contributed by atoms with Crippen molar-refractivity contribution in [2.75, 3.05) is 0 Å². The molecular formula is C12H24. The van der Waals surface area contributed by atoms with Gasteiger partial charge in [0.1, 0.15) is 0 Å². The maximum absolute atomic E-state index is 2.45. The van der Waals surface area contributed by atoms with Crippen molar-refractivity contribution in [3.63, 3.8) is 0 Å². The second-order valence-electron chi connectivity index (χ2n) is 4.82. The van der Waals surface area contributed by atoms with Crippen molar-refractivity contribution in [2.24, 2.45) is 23.7 Å². The number of rotatable bonds is 5. The van der Waals surface area contributed by atoms with Gasteiger partial charge in [-0.05, 0) is 36.5 Å². The third-order valence-electron chi connectivity index (χ3n) is 3.84. The summed E-state index contributed by atoms with van der Waals surface area (Å²) in [5.41, 5.74) is 0. The van der Waals surface area contributed by atoms with Crippen LogP contribution in [0.25, 0.3) is 0 Å². The van der Waals surface area contributed by atoms with Crippen molar-refractivity contribution in [2.45, 2.75) is 53.4 Å². The van der Waals surface area contributed by atoms with Gasteiger partial charge in [-0.3, -0.25) is 0 Å². The van der Waals surface area contributed by atoms with Crippen LogP contribution in [0.5, 0.6) is 0 Å². The van der Waals surface area contributed by atoms with E-state index in [1.807, 2.05) is 0 Å². The molecule has 1 fully saturated rings. The Morgan fingerprint density at radius 1 is 1.17 bits per heavy atom. The molecule has 3 unspecified atom stereocenters. The minimum absolute atomic E-state index is 0.936. The van der Waals surface area contributed by atoms with Gasteiger partial charge in [0.05, 0.1) is 0 Å². The van der Waals surface area contributed by atoms with E-state index in [1.54, 1.807) is 0 Å². The molecule has 0 aromatic carbocycles. The third-order valence-corrected chi connectivity index (χ3v) is 3.84. The molecule has 0 aromatic rings. The van der Waals surface area contributed by atoms with E-state index in [2.05, 4.69) is 27.7 Å². The van der Waals surface area contributed by atoms with Crippen molar-refractivity contribution in [3.05, 3.63) is 0 Å². The first-order valence-electron chi connectivity index (χ1n) is 5.66. The Morgan fingerprint density at radius 2 is 1.75 bits per heavy atom. The van der Waals surface area contributed by atoms with Crippen LogP contribution in [-0.2, 0) is 0 Å². The first-order valence-corrected chi connectivity index (χ1v) is 5.66. The summed E-state index contributed by atoms with van der Waals surface area (Å²) in [5.74, 6) is 3.94. The first-order chi connectivity index (χ1) is 5.66. The second kappa shape index (κ2) is 4.30. The molecule has 1 aliphatic rings. The Labute approximate surface area is 77.7 Å². The fraction of sp³-hybridized carbons (Fsp3) is 1.00. The molecule has 12 heavy (non-hydrogen) atoms. The normalized spacial score (nSPS) is 25.0. The van der Waals surface area contributed by atoms with Crippen molar-refractivity contribution < 1.29 is 0 Å². The largest absolute Gasteiger partial charge is 0.0654 e. The number of hydrogen-bond donors (Lipinski definition) is 0. The molecule has 0 heterocycles.